The lowest BCUT2D eigenvalue weighted by Crippen LogP contribution is -2.15. The molecule has 0 atom stereocenters. The molecule has 0 amide bonds. The van der Waals surface area contributed by atoms with Crippen molar-refractivity contribution in [3.05, 3.63) is 32.3 Å². The fourth-order valence-electron chi connectivity index (χ4n) is 3.15. The first kappa shape index (κ1) is 19.6. The van der Waals surface area contributed by atoms with Crippen molar-refractivity contribution in [3.8, 4) is 24.3 Å². The van der Waals surface area contributed by atoms with E-state index >= 15 is 0 Å². The van der Waals surface area contributed by atoms with Crippen LogP contribution in [0.25, 0.3) is 31.3 Å². The van der Waals surface area contributed by atoms with E-state index in [4.69, 9.17) is 0 Å². The summed E-state index contributed by atoms with van der Waals surface area (Å²) < 4.78 is 1.58. The summed E-state index contributed by atoms with van der Waals surface area (Å²) in [5.74, 6) is 0.505. The molecule has 0 saturated heterocycles. The standard InChI is InChI=1S/C22H16N4S2/c1-11(2)17-5-15-19(13(7-23)8-24)22-16(6-18(28-22)12(3)4)20(21(15)27-17)14(9-25)10-26/h5-6,11-12H,1-4H3. The van der Waals surface area contributed by atoms with Crippen LogP contribution in [0.5, 0.6) is 0 Å². The van der Waals surface area contributed by atoms with Gasteiger partial charge in [-0.3, -0.25) is 0 Å². The van der Waals surface area contributed by atoms with Crippen molar-refractivity contribution >= 4 is 54.0 Å². The van der Waals surface area contributed by atoms with Crippen LogP contribution in [0.1, 0.15) is 49.3 Å². The van der Waals surface area contributed by atoms with Gasteiger partial charge in [-0.15, -0.1) is 22.7 Å². The minimum Gasteiger partial charge on any atom is -0.192 e. The highest BCUT2D eigenvalue weighted by atomic mass is 32.1. The van der Waals surface area contributed by atoms with E-state index in [0.29, 0.717) is 10.4 Å². The molecule has 28 heavy (non-hydrogen) atoms. The molecule has 0 bridgehead atoms. The van der Waals surface area contributed by atoms with Gasteiger partial charge in [0, 0.05) is 40.4 Å². The lowest BCUT2D eigenvalue weighted by molar-refractivity contribution is 0.890. The Morgan fingerprint density at radius 2 is 1.00 bits per heavy atom. The maximum Gasteiger partial charge on any atom is 0.138 e. The Hall–Kier alpha value is -3.16. The number of nitriles is 4. The first-order valence-corrected chi connectivity index (χ1v) is 10.4. The Bertz CT molecular complexity index is 1200. The predicted octanol–water partition coefficient (Wildman–Crippen LogP) is 4.76. The van der Waals surface area contributed by atoms with E-state index in [9.17, 15) is 21.0 Å². The quantitative estimate of drug-likeness (QED) is 0.619. The van der Waals surface area contributed by atoms with Gasteiger partial charge in [0.05, 0.1) is 0 Å². The van der Waals surface area contributed by atoms with Crippen molar-refractivity contribution in [2.24, 2.45) is 0 Å². The third-order valence-electron chi connectivity index (χ3n) is 4.58. The highest BCUT2D eigenvalue weighted by Gasteiger charge is 2.19. The SMILES string of the molecule is CC(C)c1cc2c(=C(C#N)C#N)c3sc(C(C)C)cc3c(=C(C#N)C#N)c2s1. The Kier molecular flexibility index (Phi) is 5.22. The molecular formula is C22H16N4S2. The number of fused-ring (bicyclic) bond motifs is 2. The van der Waals surface area contributed by atoms with Gasteiger partial charge in [0.1, 0.15) is 35.4 Å². The summed E-state index contributed by atoms with van der Waals surface area (Å²) in [5.41, 5.74) is 0.115. The summed E-state index contributed by atoms with van der Waals surface area (Å²) in [7, 11) is 0. The van der Waals surface area contributed by atoms with E-state index in [1.165, 1.54) is 22.7 Å². The molecule has 136 valence electrons. The molecule has 3 rings (SSSR count). The van der Waals surface area contributed by atoms with Crippen LogP contribution in [0.3, 0.4) is 0 Å². The lowest BCUT2D eigenvalue weighted by Gasteiger charge is -1.99. The van der Waals surface area contributed by atoms with Crippen molar-refractivity contribution < 1.29 is 0 Å². The molecule has 0 N–H and O–H groups in total. The minimum absolute atomic E-state index is 0.0577. The fourth-order valence-corrected chi connectivity index (χ4v) is 5.61. The zero-order valence-electron chi connectivity index (χ0n) is 15.9. The summed E-state index contributed by atoms with van der Waals surface area (Å²) in [6.07, 6.45) is 0. The molecule has 4 nitrogen and oxygen atoms in total. The average Bonchev–Trinajstić information content (AvgIpc) is 3.29. The second kappa shape index (κ2) is 7.46. The van der Waals surface area contributed by atoms with Crippen LogP contribution in [-0.4, -0.2) is 0 Å². The molecule has 2 aromatic heterocycles. The van der Waals surface area contributed by atoms with Gasteiger partial charge in [0.15, 0.2) is 0 Å². The van der Waals surface area contributed by atoms with Gasteiger partial charge in [-0.2, -0.15) is 21.0 Å². The normalized spacial score (nSPS) is 10.6. The van der Waals surface area contributed by atoms with Crippen LogP contribution in [-0.2, 0) is 0 Å². The smallest absolute Gasteiger partial charge is 0.138 e. The molecule has 0 fully saturated rings. The zero-order valence-corrected chi connectivity index (χ0v) is 17.5. The predicted molar refractivity (Wildman–Crippen MR) is 114 cm³/mol. The van der Waals surface area contributed by atoms with Crippen molar-refractivity contribution in [1.29, 1.82) is 21.0 Å². The molecule has 0 aliphatic heterocycles. The Morgan fingerprint density at radius 1 is 0.679 bits per heavy atom. The van der Waals surface area contributed by atoms with E-state index < -0.39 is 0 Å². The van der Waals surface area contributed by atoms with E-state index in [1.807, 2.05) is 36.4 Å². The van der Waals surface area contributed by atoms with Crippen molar-refractivity contribution in [2.45, 2.75) is 39.5 Å². The van der Waals surface area contributed by atoms with Crippen molar-refractivity contribution in [2.75, 3.05) is 0 Å². The number of hydrogen-bond donors (Lipinski definition) is 0. The van der Waals surface area contributed by atoms with Crippen LogP contribution in [0.2, 0.25) is 0 Å². The van der Waals surface area contributed by atoms with E-state index in [1.54, 1.807) is 0 Å². The summed E-state index contributed by atoms with van der Waals surface area (Å²) in [6.45, 7) is 8.28. The Morgan fingerprint density at radius 3 is 1.25 bits per heavy atom. The highest BCUT2D eigenvalue weighted by molar-refractivity contribution is 7.20. The molecule has 3 aromatic rings. The Balaban J connectivity index is 2.85. The molecule has 0 spiro atoms. The lowest BCUT2D eigenvalue weighted by atomic mass is 10.0. The maximum absolute atomic E-state index is 9.59. The number of thiophene rings is 2. The van der Waals surface area contributed by atoms with Crippen molar-refractivity contribution in [3.63, 3.8) is 0 Å². The minimum atomic E-state index is 0.0577. The monoisotopic (exact) mass is 400 g/mol. The van der Waals surface area contributed by atoms with Crippen LogP contribution in [0.4, 0.5) is 0 Å². The average molecular weight is 401 g/mol. The molecule has 0 aliphatic carbocycles. The molecule has 2 heterocycles. The van der Waals surface area contributed by atoms with Gasteiger partial charge in [0.2, 0.25) is 0 Å². The number of nitrogens with zero attached hydrogens (tertiary/aromatic N) is 4. The molecule has 6 heteroatoms. The largest absolute Gasteiger partial charge is 0.192 e. The second-order valence-corrected chi connectivity index (χ2v) is 9.21. The third kappa shape index (κ3) is 2.94. The number of rotatable bonds is 2. The van der Waals surface area contributed by atoms with Gasteiger partial charge in [-0.25, -0.2) is 0 Å². The summed E-state index contributed by atoms with van der Waals surface area (Å²) in [5, 5.41) is 41.1. The molecule has 0 unspecified atom stereocenters. The van der Waals surface area contributed by atoms with Gasteiger partial charge in [0.25, 0.3) is 0 Å². The van der Waals surface area contributed by atoms with Gasteiger partial charge >= 0.3 is 0 Å². The maximum atomic E-state index is 9.59. The van der Waals surface area contributed by atoms with Gasteiger partial charge in [-0.1, -0.05) is 27.7 Å². The topological polar surface area (TPSA) is 95.2 Å². The molecule has 1 aromatic carbocycles. The second-order valence-electron chi connectivity index (χ2n) is 7.04. The molecule has 0 radical (unpaired) electrons. The van der Waals surface area contributed by atoms with E-state index in [2.05, 4.69) is 27.7 Å². The third-order valence-corrected chi connectivity index (χ3v) is 7.49. The number of benzene rings is 1. The van der Waals surface area contributed by atoms with Crippen LogP contribution in [0, 0.1) is 45.3 Å². The summed E-state index contributed by atoms with van der Waals surface area (Å²) in [6, 6.07) is 12.1. The van der Waals surface area contributed by atoms with Crippen LogP contribution >= 0.6 is 22.7 Å². The van der Waals surface area contributed by atoms with Crippen LogP contribution < -0.4 is 10.4 Å². The Labute approximate surface area is 171 Å². The fraction of sp³-hybridized carbons (Fsp3) is 0.273. The zero-order chi connectivity index (χ0) is 20.6. The number of hydrogen-bond acceptors (Lipinski definition) is 6. The first-order chi connectivity index (χ1) is 13.4. The van der Waals surface area contributed by atoms with Crippen LogP contribution in [0.15, 0.2) is 12.1 Å². The van der Waals surface area contributed by atoms with Gasteiger partial charge in [-0.05, 0) is 24.0 Å². The molecular weight excluding hydrogens is 384 g/mol. The molecule has 0 saturated carbocycles. The molecule has 0 aliphatic rings. The van der Waals surface area contributed by atoms with Crippen molar-refractivity contribution in [1.82, 2.24) is 0 Å². The first-order valence-electron chi connectivity index (χ1n) is 8.75. The van der Waals surface area contributed by atoms with E-state index in [0.717, 1.165) is 29.9 Å². The van der Waals surface area contributed by atoms with Gasteiger partial charge < -0.3 is 0 Å². The van der Waals surface area contributed by atoms with E-state index in [-0.39, 0.29) is 23.0 Å². The summed E-state index contributed by atoms with van der Waals surface area (Å²) >= 11 is 3.05. The summed E-state index contributed by atoms with van der Waals surface area (Å²) in [4.78, 5) is 2.18. The highest BCUT2D eigenvalue weighted by Crippen LogP contribution is 2.33.